The minimum absolute atomic E-state index is 0.264. The van der Waals surface area contributed by atoms with E-state index < -0.39 is 0 Å². The Kier molecular flexibility index (Phi) is 6.44. The quantitative estimate of drug-likeness (QED) is 0.452. The van der Waals surface area contributed by atoms with Crippen LogP contribution in [0.1, 0.15) is 71.6 Å². The topological polar surface area (TPSA) is 17.1 Å². The summed E-state index contributed by atoms with van der Waals surface area (Å²) in [5.41, 5.74) is 1.32. The molecule has 0 aromatic carbocycles. The van der Waals surface area contributed by atoms with Crippen LogP contribution in [0.25, 0.3) is 0 Å². The van der Waals surface area contributed by atoms with Crippen molar-refractivity contribution < 1.29 is 4.79 Å². The number of allylic oxidation sites excluding steroid dienone is 2. The molecule has 0 bridgehead atoms. The van der Waals surface area contributed by atoms with Crippen molar-refractivity contribution in [2.24, 2.45) is 5.92 Å². The van der Waals surface area contributed by atoms with Crippen molar-refractivity contribution in [3.63, 3.8) is 0 Å². The fourth-order valence-corrected chi connectivity index (χ4v) is 2.51. The summed E-state index contributed by atoms with van der Waals surface area (Å²) in [5.74, 6) is 0.755. The van der Waals surface area contributed by atoms with Gasteiger partial charge in [0.1, 0.15) is 5.78 Å². The summed E-state index contributed by atoms with van der Waals surface area (Å²) in [6, 6.07) is 0. The normalized spacial score (nSPS) is 20.6. The van der Waals surface area contributed by atoms with Gasteiger partial charge in [-0.3, -0.25) is 4.79 Å². The fraction of sp³-hybridized carbons (Fsp3) is 0.800. The molecule has 1 nitrogen and oxygen atoms in total. The average Bonchev–Trinajstić information content (AvgIpc) is 2.29. The molecule has 1 atom stereocenters. The fourth-order valence-electron chi connectivity index (χ4n) is 2.51. The van der Waals surface area contributed by atoms with Crippen LogP contribution >= 0.6 is 0 Å². The SMILES string of the molecule is CCCCCCCC(=O)C1CCCC=C1C. The molecule has 0 fully saturated rings. The van der Waals surface area contributed by atoms with Gasteiger partial charge < -0.3 is 0 Å². The summed E-state index contributed by atoms with van der Waals surface area (Å²) in [7, 11) is 0. The molecule has 16 heavy (non-hydrogen) atoms. The minimum atomic E-state index is 0.264. The lowest BCUT2D eigenvalue weighted by Crippen LogP contribution is -2.18. The number of unbranched alkanes of at least 4 members (excludes halogenated alkanes) is 4. The van der Waals surface area contributed by atoms with E-state index >= 15 is 0 Å². The predicted octanol–water partition coefficient (Wildman–Crippen LogP) is 4.66. The smallest absolute Gasteiger partial charge is 0.139 e. The van der Waals surface area contributed by atoms with Gasteiger partial charge in [-0.1, -0.05) is 44.3 Å². The van der Waals surface area contributed by atoms with Crippen LogP contribution < -0.4 is 0 Å². The van der Waals surface area contributed by atoms with Crippen molar-refractivity contribution in [2.45, 2.75) is 71.6 Å². The maximum atomic E-state index is 12.0. The van der Waals surface area contributed by atoms with Gasteiger partial charge in [-0.2, -0.15) is 0 Å². The Labute approximate surface area is 100 Å². The first-order valence-electron chi connectivity index (χ1n) is 6.95. The van der Waals surface area contributed by atoms with E-state index in [1.165, 1.54) is 44.1 Å². The summed E-state index contributed by atoms with van der Waals surface area (Å²) >= 11 is 0. The zero-order chi connectivity index (χ0) is 11.8. The Hall–Kier alpha value is -0.590. The van der Waals surface area contributed by atoms with E-state index in [9.17, 15) is 4.79 Å². The number of hydrogen-bond acceptors (Lipinski definition) is 1. The molecule has 1 aliphatic carbocycles. The molecule has 0 aromatic rings. The highest BCUT2D eigenvalue weighted by atomic mass is 16.1. The molecule has 0 aliphatic heterocycles. The molecule has 1 unspecified atom stereocenters. The first kappa shape index (κ1) is 13.5. The third-order valence-electron chi connectivity index (χ3n) is 3.63. The average molecular weight is 222 g/mol. The number of carbonyl (C=O) groups is 1. The lowest BCUT2D eigenvalue weighted by atomic mass is 9.84. The van der Waals surface area contributed by atoms with Crippen LogP contribution in [0.5, 0.6) is 0 Å². The maximum absolute atomic E-state index is 12.0. The van der Waals surface area contributed by atoms with Crippen LogP contribution in [0.4, 0.5) is 0 Å². The van der Waals surface area contributed by atoms with Gasteiger partial charge in [0.2, 0.25) is 0 Å². The Morgan fingerprint density at radius 1 is 1.31 bits per heavy atom. The Morgan fingerprint density at radius 2 is 2.06 bits per heavy atom. The molecule has 0 N–H and O–H groups in total. The van der Waals surface area contributed by atoms with Gasteiger partial charge in [0.15, 0.2) is 0 Å². The van der Waals surface area contributed by atoms with Gasteiger partial charge in [-0.15, -0.1) is 0 Å². The second-order valence-electron chi connectivity index (χ2n) is 5.06. The highest BCUT2D eigenvalue weighted by Crippen LogP contribution is 2.26. The summed E-state index contributed by atoms with van der Waals surface area (Å²) in [4.78, 5) is 12.0. The van der Waals surface area contributed by atoms with E-state index in [4.69, 9.17) is 0 Å². The van der Waals surface area contributed by atoms with E-state index in [0.29, 0.717) is 5.78 Å². The largest absolute Gasteiger partial charge is 0.299 e. The van der Waals surface area contributed by atoms with Crippen LogP contribution in [-0.2, 0) is 4.79 Å². The molecule has 0 saturated heterocycles. The standard InChI is InChI=1S/C15H26O/c1-3-4-5-6-7-12-15(16)14-11-9-8-10-13(14)2/h10,14H,3-9,11-12H2,1-2H3. The zero-order valence-corrected chi connectivity index (χ0v) is 10.9. The van der Waals surface area contributed by atoms with E-state index in [2.05, 4.69) is 19.9 Å². The van der Waals surface area contributed by atoms with E-state index in [0.717, 1.165) is 19.3 Å². The number of Topliss-reactive ketones (excluding diaryl/α,β-unsaturated/α-hetero) is 1. The lowest BCUT2D eigenvalue weighted by Gasteiger charge is -2.20. The first-order valence-corrected chi connectivity index (χ1v) is 6.95. The summed E-state index contributed by atoms with van der Waals surface area (Å²) < 4.78 is 0. The molecule has 0 aromatic heterocycles. The van der Waals surface area contributed by atoms with E-state index in [1.807, 2.05) is 0 Å². The summed E-state index contributed by atoms with van der Waals surface area (Å²) in [6.45, 7) is 4.35. The Morgan fingerprint density at radius 3 is 2.75 bits per heavy atom. The Balaban J connectivity index is 2.19. The third kappa shape index (κ3) is 4.51. The molecule has 1 rings (SSSR count). The first-order chi connectivity index (χ1) is 7.75. The van der Waals surface area contributed by atoms with Crippen LogP contribution in [0.2, 0.25) is 0 Å². The number of carbonyl (C=O) groups excluding carboxylic acids is 1. The van der Waals surface area contributed by atoms with E-state index in [1.54, 1.807) is 0 Å². The summed E-state index contributed by atoms with van der Waals surface area (Å²) in [6.07, 6.45) is 12.7. The molecule has 0 saturated carbocycles. The van der Waals surface area contributed by atoms with Crippen molar-refractivity contribution in [2.75, 3.05) is 0 Å². The lowest BCUT2D eigenvalue weighted by molar-refractivity contribution is -0.122. The second-order valence-corrected chi connectivity index (χ2v) is 5.06. The van der Waals surface area contributed by atoms with Gasteiger partial charge in [0.05, 0.1) is 0 Å². The number of hydrogen-bond donors (Lipinski definition) is 0. The summed E-state index contributed by atoms with van der Waals surface area (Å²) in [5, 5.41) is 0. The molecule has 0 spiro atoms. The number of ketones is 1. The van der Waals surface area contributed by atoms with Crippen molar-refractivity contribution >= 4 is 5.78 Å². The van der Waals surface area contributed by atoms with Gasteiger partial charge in [-0.25, -0.2) is 0 Å². The van der Waals surface area contributed by atoms with Crippen molar-refractivity contribution in [1.82, 2.24) is 0 Å². The van der Waals surface area contributed by atoms with Gasteiger partial charge in [-0.05, 0) is 32.6 Å². The van der Waals surface area contributed by atoms with Crippen LogP contribution in [-0.4, -0.2) is 5.78 Å². The van der Waals surface area contributed by atoms with Crippen molar-refractivity contribution in [1.29, 1.82) is 0 Å². The molecular weight excluding hydrogens is 196 g/mol. The Bertz CT molecular complexity index is 240. The van der Waals surface area contributed by atoms with Crippen LogP contribution in [0, 0.1) is 5.92 Å². The van der Waals surface area contributed by atoms with Gasteiger partial charge >= 0.3 is 0 Å². The molecule has 0 heterocycles. The molecule has 92 valence electrons. The molecule has 1 heteroatoms. The minimum Gasteiger partial charge on any atom is -0.299 e. The molecule has 1 aliphatic rings. The molecule has 0 radical (unpaired) electrons. The van der Waals surface area contributed by atoms with Gasteiger partial charge in [0, 0.05) is 12.3 Å². The predicted molar refractivity (Wildman–Crippen MR) is 69.5 cm³/mol. The van der Waals surface area contributed by atoms with Crippen molar-refractivity contribution in [3.8, 4) is 0 Å². The highest BCUT2D eigenvalue weighted by Gasteiger charge is 2.21. The molecular formula is C15H26O. The third-order valence-corrected chi connectivity index (χ3v) is 3.63. The monoisotopic (exact) mass is 222 g/mol. The zero-order valence-electron chi connectivity index (χ0n) is 10.9. The van der Waals surface area contributed by atoms with Gasteiger partial charge in [0.25, 0.3) is 0 Å². The maximum Gasteiger partial charge on any atom is 0.139 e. The van der Waals surface area contributed by atoms with Crippen LogP contribution in [0.15, 0.2) is 11.6 Å². The number of rotatable bonds is 7. The highest BCUT2D eigenvalue weighted by molar-refractivity contribution is 5.83. The van der Waals surface area contributed by atoms with Crippen LogP contribution in [0.3, 0.4) is 0 Å². The van der Waals surface area contributed by atoms with E-state index in [-0.39, 0.29) is 5.92 Å². The molecule has 0 amide bonds. The second kappa shape index (κ2) is 7.65. The van der Waals surface area contributed by atoms with Crippen molar-refractivity contribution in [3.05, 3.63) is 11.6 Å².